The average molecular weight is 408 g/mol. The van der Waals surface area contributed by atoms with Crippen LogP contribution in [0.2, 0.25) is 0 Å². The lowest BCUT2D eigenvalue weighted by Crippen LogP contribution is -2.51. The van der Waals surface area contributed by atoms with Crippen molar-refractivity contribution < 1.29 is 9.59 Å². The maximum absolute atomic E-state index is 12.7. The number of carbonyl (C=O) groups excluding carboxylic acids is 2. The highest BCUT2D eigenvalue weighted by atomic mass is 35.5. The third kappa shape index (κ3) is 5.95. The molecule has 1 atom stereocenters. The van der Waals surface area contributed by atoms with E-state index in [0.717, 1.165) is 24.2 Å². The number of nitrogens with zero attached hydrogens (tertiary/aromatic N) is 2. The molecule has 1 aromatic carbocycles. The Morgan fingerprint density at radius 3 is 2.21 bits per heavy atom. The summed E-state index contributed by atoms with van der Waals surface area (Å²) in [5.74, 6) is 1.53. The zero-order chi connectivity index (χ0) is 19.2. The van der Waals surface area contributed by atoms with Crippen molar-refractivity contribution in [2.45, 2.75) is 39.5 Å². The highest BCUT2D eigenvalue weighted by Crippen LogP contribution is 2.25. The lowest BCUT2D eigenvalue weighted by Gasteiger charge is -2.36. The first kappa shape index (κ1) is 22.7. The molecule has 6 heteroatoms. The van der Waals surface area contributed by atoms with Gasteiger partial charge >= 0.3 is 0 Å². The summed E-state index contributed by atoms with van der Waals surface area (Å²) >= 11 is 0. The Morgan fingerprint density at radius 2 is 1.61 bits per heavy atom. The summed E-state index contributed by atoms with van der Waals surface area (Å²) in [5, 5.41) is 3.39. The van der Waals surface area contributed by atoms with E-state index >= 15 is 0 Å². The fraction of sp³-hybridized carbons (Fsp3) is 0.636. The Balaban J connectivity index is 0.00000280. The first-order chi connectivity index (χ1) is 13.0. The number of hydrogen-bond donors (Lipinski definition) is 1. The van der Waals surface area contributed by atoms with E-state index in [0.29, 0.717) is 50.9 Å². The van der Waals surface area contributed by atoms with Crippen molar-refractivity contribution >= 4 is 24.2 Å². The monoisotopic (exact) mass is 407 g/mol. The largest absolute Gasteiger partial charge is 0.339 e. The lowest BCUT2D eigenvalue weighted by atomic mass is 9.84. The number of rotatable bonds is 5. The number of piperidine rings is 1. The Bertz CT molecular complexity index is 653. The second-order valence-electron chi connectivity index (χ2n) is 8.13. The second kappa shape index (κ2) is 10.8. The number of benzene rings is 1. The van der Waals surface area contributed by atoms with Gasteiger partial charge in [-0.25, -0.2) is 0 Å². The summed E-state index contributed by atoms with van der Waals surface area (Å²) in [6.45, 7) is 9.04. The molecular formula is C22H34ClN3O2. The third-order valence-electron chi connectivity index (χ3n) is 6.27. The van der Waals surface area contributed by atoms with Crippen LogP contribution in [0.3, 0.4) is 0 Å². The highest BCUT2D eigenvalue weighted by Gasteiger charge is 2.27. The average Bonchev–Trinajstić information content (AvgIpc) is 2.70. The summed E-state index contributed by atoms with van der Waals surface area (Å²) in [6.07, 6.45) is 3.44. The molecule has 0 radical (unpaired) electrons. The quantitative estimate of drug-likeness (QED) is 0.816. The van der Waals surface area contributed by atoms with E-state index in [-0.39, 0.29) is 24.2 Å². The van der Waals surface area contributed by atoms with Gasteiger partial charge in [0.2, 0.25) is 11.8 Å². The van der Waals surface area contributed by atoms with Gasteiger partial charge in [-0.2, -0.15) is 0 Å². The number of carbonyl (C=O) groups is 2. The number of aryl methyl sites for hydroxylation is 1. The number of amides is 2. The summed E-state index contributed by atoms with van der Waals surface area (Å²) in [6, 6.07) is 8.05. The van der Waals surface area contributed by atoms with Crippen molar-refractivity contribution in [3.05, 3.63) is 35.4 Å². The number of hydrogen-bond acceptors (Lipinski definition) is 3. The minimum Gasteiger partial charge on any atom is -0.339 e. The van der Waals surface area contributed by atoms with Gasteiger partial charge < -0.3 is 15.1 Å². The molecule has 1 unspecified atom stereocenters. The van der Waals surface area contributed by atoms with E-state index in [9.17, 15) is 9.59 Å². The van der Waals surface area contributed by atoms with Crippen molar-refractivity contribution in [3.8, 4) is 0 Å². The fourth-order valence-corrected chi connectivity index (χ4v) is 4.27. The maximum atomic E-state index is 12.7. The van der Waals surface area contributed by atoms with Crippen LogP contribution in [0.4, 0.5) is 0 Å². The lowest BCUT2D eigenvalue weighted by molar-refractivity contribution is -0.140. The van der Waals surface area contributed by atoms with Gasteiger partial charge in [-0.1, -0.05) is 31.2 Å². The second-order valence-corrected chi connectivity index (χ2v) is 8.13. The highest BCUT2D eigenvalue weighted by molar-refractivity contribution is 5.85. The predicted molar refractivity (Wildman–Crippen MR) is 115 cm³/mol. The molecule has 0 spiro atoms. The molecule has 2 aliphatic rings. The van der Waals surface area contributed by atoms with Crippen LogP contribution in [-0.4, -0.2) is 60.9 Å². The summed E-state index contributed by atoms with van der Waals surface area (Å²) in [4.78, 5) is 29.1. The van der Waals surface area contributed by atoms with Crippen LogP contribution in [0, 0.1) is 18.8 Å². The predicted octanol–water partition coefficient (Wildman–Crippen LogP) is 2.66. The maximum Gasteiger partial charge on any atom is 0.227 e. The Hall–Kier alpha value is -1.59. The molecule has 2 fully saturated rings. The molecule has 0 aliphatic carbocycles. The van der Waals surface area contributed by atoms with E-state index in [2.05, 4.69) is 12.2 Å². The third-order valence-corrected chi connectivity index (χ3v) is 6.27. The van der Waals surface area contributed by atoms with Gasteiger partial charge in [0.15, 0.2) is 0 Å². The van der Waals surface area contributed by atoms with Crippen LogP contribution in [0.15, 0.2) is 24.3 Å². The molecule has 3 rings (SSSR count). The molecular weight excluding hydrogens is 374 g/mol. The molecule has 5 nitrogen and oxygen atoms in total. The first-order valence-electron chi connectivity index (χ1n) is 10.4. The number of halogens is 1. The molecule has 0 saturated carbocycles. The van der Waals surface area contributed by atoms with E-state index in [1.807, 2.05) is 41.0 Å². The molecule has 1 aromatic rings. The molecule has 2 saturated heterocycles. The van der Waals surface area contributed by atoms with Gasteiger partial charge in [-0.15, -0.1) is 12.4 Å². The summed E-state index contributed by atoms with van der Waals surface area (Å²) in [7, 11) is 0. The van der Waals surface area contributed by atoms with E-state index < -0.39 is 0 Å². The smallest absolute Gasteiger partial charge is 0.227 e. The zero-order valence-electron chi connectivity index (χ0n) is 17.2. The van der Waals surface area contributed by atoms with Crippen LogP contribution in [-0.2, 0) is 16.0 Å². The van der Waals surface area contributed by atoms with Crippen molar-refractivity contribution in [2.24, 2.45) is 11.8 Å². The molecule has 0 bridgehead atoms. The van der Waals surface area contributed by atoms with E-state index in [1.54, 1.807) is 0 Å². The molecule has 156 valence electrons. The summed E-state index contributed by atoms with van der Waals surface area (Å²) < 4.78 is 0. The van der Waals surface area contributed by atoms with Gasteiger partial charge in [-0.3, -0.25) is 9.59 Å². The topological polar surface area (TPSA) is 52.7 Å². The minimum atomic E-state index is 0. The van der Waals surface area contributed by atoms with E-state index in [1.165, 1.54) is 12.8 Å². The van der Waals surface area contributed by atoms with Gasteiger partial charge in [0.1, 0.15) is 0 Å². The van der Waals surface area contributed by atoms with Crippen molar-refractivity contribution in [1.82, 2.24) is 15.1 Å². The number of piperazine rings is 1. The van der Waals surface area contributed by atoms with Gasteiger partial charge in [-0.05, 0) is 55.8 Å². The molecule has 28 heavy (non-hydrogen) atoms. The summed E-state index contributed by atoms with van der Waals surface area (Å²) in [5.41, 5.74) is 2.25. The van der Waals surface area contributed by atoms with Crippen LogP contribution < -0.4 is 5.32 Å². The van der Waals surface area contributed by atoms with Gasteiger partial charge in [0, 0.05) is 32.6 Å². The standard InChI is InChI=1S/C22H33N3O2.ClH/c1-17-5-3-4-6-20(17)16-22(27)25-13-11-24(12-14-25)21(26)15-18(2)19-7-9-23-10-8-19;/h3-6,18-19,23H,7-16H2,1-2H3;1H. The fourth-order valence-electron chi connectivity index (χ4n) is 4.27. The van der Waals surface area contributed by atoms with Crippen LogP contribution in [0.1, 0.15) is 37.3 Å². The van der Waals surface area contributed by atoms with E-state index in [4.69, 9.17) is 0 Å². The minimum absolute atomic E-state index is 0. The molecule has 2 heterocycles. The van der Waals surface area contributed by atoms with Crippen molar-refractivity contribution in [3.63, 3.8) is 0 Å². The molecule has 0 aromatic heterocycles. The number of nitrogens with one attached hydrogen (secondary N) is 1. The SMILES string of the molecule is Cc1ccccc1CC(=O)N1CCN(C(=O)CC(C)C2CCNCC2)CC1.Cl. The van der Waals surface area contributed by atoms with Crippen molar-refractivity contribution in [1.29, 1.82) is 0 Å². The van der Waals surface area contributed by atoms with Gasteiger partial charge in [0.05, 0.1) is 6.42 Å². The van der Waals surface area contributed by atoms with Crippen LogP contribution >= 0.6 is 12.4 Å². The zero-order valence-corrected chi connectivity index (χ0v) is 18.0. The normalized spacial score (nSPS) is 19.1. The Morgan fingerprint density at radius 1 is 1.04 bits per heavy atom. The van der Waals surface area contributed by atoms with Crippen LogP contribution in [0.5, 0.6) is 0 Å². The molecule has 2 amide bonds. The van der Waals surface area contributed by atoms with Crippen molar-refractivity contribution in [2.75, 3.05) is 39.3 Å². The Kier molecular flexibility index (Phi) is 8.77. The molecule has 2 aliphatic heterocycles. The molecule has 1 N–H and O–H groups in total. The first-order valence-corrected chi connectivity index (χ1v) is 10.4. The Labute approximate surface area is 175 Å². The van der Waals surface area contributed by atoms with Gasteiger partial charge in [0.25, 0.3) is 0 Å². The van der Waals surface area contributed by atoms with Crippen LogP contribution in [0.25, 0.3) is 0 Å².